The maximum Gasteiger partial charge on any atom is 0.129 e. The van der Waals surface area contributed by atoms with Gasteiger partial charge in [0, 0.05) is 11.9 Å². The molecule has 0 saturated carbocycles. The van der Waals surface area contributed by atoms with E-state index in [-0.39, 0.29) is 0 Å². The zero-order chi connectivity index (χ0) is 13.8. The van der Waals surface area contributed by atoms with E-state index >= 15 is 0 Å². The topological polar surface area (TPSA) is 24.9 Å². The number of nitrogens with zero attached hydrogens (tertiary/aromatic N) is 1. The van der Waals surface area contributed by atoms with E-state index in [4.69, 9.17) is 4.98 Å². The summed E-state index contributed by atoms with van der Waals surface area (Å²) in [5, 5.41) is 4.77. The molecule has 0 bridgehead atoms. The molecule has 0 amide bonds. The van der Waals surface area contributed by atoms with Crippen LogP contribution < -0.4 is 5.32 Å². The van der Waals surface area contributed by atoms with Gasteiger partial charge in [0.1, 0.15) is 5.82 Å². The van der Waals surface area contributed by atoms with Crippen LogP contribution in [0.25, 0.3) is 10.9 Å². The van der Waals surface area contributed by atoms with Crippen molar-refractivity contribution in [1.82, 2.24) is 4.98 Å². The Morgan fingerprint density at radius 2 is 1.79 bits per heavy atom. The molecule has 0 fully saturated rings. The van der Waals surface area contributed by atoms with Crippen molar-refractivity contribution in [3.05, 3.63) is 34.9 Å². The molecular formula is C17H24N2. The highest BCUT2D eigenvalue weighted by Crippen LogP contribution is 2.26. The van der Waals surface area contributed by atoms with E-state index < -0.39 is 0 Å². The fourth-order valence-electron chi connectivity index (χ4n) is 2.43. The van der Waals surface area contributed by atoms with Crippen LogP contribution in [0, 0.1) is 13.8 Å². The average Bonchev–Trinajstić information content (AvgIpc) is 2.41. The van der Waals surface area contributed by atoms with Gasteiger partial charge in [-0.05, 0) is 49.4 Å². The molecule has 0 spiro atoms. The highest BCUT2D eigenvalue weighted by atomic mass is 15.0. The van der Waals surface area contributed by atoms with Gasteiger partial charge < -0.3 is 5.32 Å². The first kappa shape index (κ1) is 13.9. The second-order valence-corrected chi connectivity index (χ2v) is 5.27. The lowest BCUT2D eigenvalue weighted by atomic mass is 10.0. The molecule has 0 aliphatic rings. The first-order valence-electron chi connectivity index (χ1n) is 7.31. The number of aryl methyl sites for hydroxylation is 3. The zero-order valence-electron chi connectivity index (χ0n) is 12.5. The van der Waals surface area contributed by atoms with Crippen molar-refractivity contribution in [2.45, 2.75) is 47.0 Å². The van der Waals surface area contributed by atoms with Crippen LogP contribution in [0.4, 0.5) is 5.82 Å². The van der Waals surface area contributed by atoms with Crippen molar-refractivity contribution in [1.29, 1.82) is 0 Å². The maximum atomic E-state index is 4.88. The van der Waals surface area contributed by atoms with Gasteiger partial charge in [-0.15, -0.1) is 0 Å². The van der Waals surface area contributed by atoms with E-state index in [1.54, 1.807) is 0 Å². The minimum atomic E-state index is 0.986. The van der Waals surface area contributed by atoms with E-state index in [0.717, 1.165) is 37.1 Å². The van der Waals surface area contributed by atoms with Crippen LogP contribution >= 0.6 is 0 Å². The molecule has 2 aromatic rings. The van der Waals surface area contributed by atoms with E-state index in [1.165, 1.54) is 22.1 Å². The smallest absolute Gasteiger partial charge is 0.129 e. The summed E-state index contributed by atoms with van der Waals surface area (Å²) in [5.74, 6) is 1.07. The Morgan fingerprint density at radius 1 is 1.05 bits per heavy atom. The predicted octanol–water partition coefficient (Wildman–Crippen LogP) is 4.63. The molecular weight excluding hydrogens is 232 g/mol. The standard InChI is InChI=1S/C17H24N2/c1-5-7-14-11-15-12(3)8-9-13(4)16(15)19-17(14)18-10-6-2/h8-9,11H,5-7,10H2,1-4H3,(H,18,19). The Morgan fingerprint density at radius 3 is 2.47 bits per heavy atom. The number of pyridine rings is 1. The number of fused-ring (bicyclic) bond motifs is 1. The number of benzene rings is 1. The number of nitrogens with one attached hydrogen (secondary N) is 1. The van der Waals surface area contributed by atoms with E-state index in [2.05, 4.69) is 51.2 Å². The lowest BCUT2D eigenvalue weighted by Crippen LogP contribution is -2.06. The van der Waals surface area contributed by atoms with Crippen molar-refractivity contribution in [2.24, 2.45) is 0 Å². The van der Waals surface area contributed by atoms with Crippen LogP contribution in [-0.2, 0) is 6.42 Å². The summed E-state index contributed by atoms with van der Waals surface area (Å²) in [6, 6.07) is 6.67. The van der Waals surface area contributed by atoms with Crippen LogP contribution in [0.5, 0.6) is 0 Å². The molecule has 1 aromatic carbocycles. The first-order valence-corrected chi connectivity index (χ1v) is 7.31. The molecule has 19 heavy (non-hydrogen) atoms. The van der Waals surface area contributed by atoms with Crippen molar-refractivity contribution >= 4 is 16.7 Å². The van der Waals surface area contributed by atoms with Crippen LogP contribution in [0.15, 0.2) is 18.2 Å². The van der Waals surface area contributed by atoms with Gasteiger partial charge >= 0.3 is 0 Å². The fourth-order valence-corrected chi connectivity index (χ4v) is 2.43. The van der Waals surface area contributed by atoms with Crippen LogP contribution in [0.2, 0.25) is 0 Å². The zero-order valence-corrected chi connectivity index (χ0v) is 12.5. The summed E-state index contributed by atoms with van der Waals surface area (Å²) in [4.78, 5) is 4.88. The molecule has 1 aromatic heterocycles. The van der Waals surface area contributed by atoms with Crippen LogP contribution in [-0.4, -0.2) is 11.5 Å². The molecule has 1 heterocycles. The monoisotopic (exact) mass is 256 g/mol. The van der Waals surface area contributed by atoms with Crippen molar-refractivity contribution in [3.8, 4) is 0 Å². The van der Waals surface area contributed by atoms with Gasteiger partial charge in [0.05, 0.1) is 5.52 Å². The molecule has 102 valence electrons. The minimum absolute atomic E-state index is 0.986. The summed E-state index contributed by atoms with van der Waals surface area (Å²) in [6.45, 7) is 9.69. The normalized spacial score (nSPS) is 10.9. The molecule has 0 atom stereocenters. The Labute approximate surface area is 116 Å². The molecule has 0 saturated heterocycles. The molecule has 2 heteroatoms. The number of hydrogen-bond acceptors (Lipinski definition) is 2. The van der Waals surface area contributed by atoms with Crippen LogP contribution in [0.3, 0.4) is 0 Å². The quantitative estimate of drug-likeness (QED) is 0.844. The lowest BCUT2D eigenvalue weighted by molar-refractivity contribution is 0.905. The third kappa shape index (κ3) is 2.89. The molecule has 0 radical (unpaired) electrons. The highest BCUT2D eigenvalue weighted by Gasteiger charge is 2.09. The highest BCUT2D eigenvalue weighted by molar-refractivity contribution is 5.87. The molecule has 0 aliphatic carbocycles. The second kappa shape index (κ2) is 6.05. The van der Waals surface area contributed by atoms with Crippen molar-refractivity contribution in [2.75, 3.05) is 11.9 Å². The van der Waals surface area contributed by atoms with Gasteiger partial charge in [-0.3, -0.25) is 0 Å². The fraction of sp³-hybridized carbons (Fsp3) is 0.471. The SMILES string of the molecule is CCCNc1nc2c(C)ccc(C)c2cc1CCC. The van der Waals surface area contributed by atoms with Gasteiger partial charge in [0.25, 0.3) is 0 Å². The van der Waals surface area contributed by atoms with Crippen molar-refractivity contribution < 1.29 is 0 Å². The number of rotatable bonds is 5. The first-order chi connectivity index (χ1) is 9.17. The average molecular weight is 256 g/mol. The summed E-state index contributed by atoms with van der Waals surface area (Å²) in [7, 11) is 0. The van der Waals surface area contributed by atoms with Gasteiger partial charge in [-0.1, -0.05) is 32.4 Å². The van der Waals surface area contributed by atoms with E-state index in [1.807, 2.05) is 0 Å². The molecule has 1 N–H and O–H groups in total. The number of aromatic nitrogens is 1. The van der Waals surface area contributed by atoms with Gasteiger partial charge in [0.15, 0.2) is 0 Å². The lowest BCUT2D eigenvalue weighted by Gasteiger charge is -2.14. The van der Waals surface area contributed by atoms with E-state index in [9.17, 15) is 0 Å². The van der Waals surface area contributed by atoms with Gasteiger partial charge in [0.2, 0.25) is 0 Å². The third-order valence-electron chi connectivity index (χ3n) is 3.54. The number of anilines is 1. The summed E-state index contributed by atoms with van der Waals surface area (Å²) < 4.78 is 0. The van der Waals surface area contributed by atoms with Gasteiger partial charge in [-0.2, -0.15) is 0 Å². The Hall–Kier alpha value is -1.57. The summed E-state index contributed by atoms with van der Waals surface area (Å²) >= 11 is 0. The molecule has 2 rings (SSSR count). The van der Waals surface area contributed by atoms with Crippen LogP contribution in [0.1, 0.15) is 43.4 Å². The maximum absolute atomic E-state index is 4.88. The van der Waals surface area contributed by atoms with Gasteiger partial charge in [-0.25, -0.2) is 4.98 Å². The Kier molecular flexibility index (Phi) is 4.41. The Balaban J connectivity index is 2.58. The largest absolute Gasteiger partial charge is 0.370 e. The second-order valence-electron chi connectivity index (χ2n) is 5.27. The molecule has 0 unspecified atom stereocenters. The number of hydrogen-bond donors (Lipinski definition) is 1. The molecule has 0 aliphatic heterocycles. The summed E-state index contributed by atoms with van der Waals surface area (Å²) in [6.07, 6.45) is 3.36. The third-order valence-corrected chi connectivity index (χ3v) is 3.54. The van der Waals surface area contributed by atoms with E-state index in [0.29, 0.717) is 0 Å². The summed E-state index contributed by atoms with van der Waals surface area (Å²) in [5.41, 5.74) is 5.05. The van der Waals surface area contributed by atoms with Crippen molar-refractivity contribution in [3.63, 3.8) is 0 Å². The molecule has 2 nitrogen and oxygen atoms in total. The predicted molar refractivity (Wildman–Crippen MR) is 84.0 cm³/mol. The minimum Gasteiger partial charge on any atom is -0.370 e. The Bertz CT molecular complexity index is 573.